The Bertz CT molecular complexity index is 587. The number of nitrogens with zero attached hydrogens (tertiary/aromatic N) is 1. The molecule has 1 atom stereocenters. The van der Waals surface area contributed by atoms with Crippen molar-refractivity contribution < 1.29 is 9.53 Å². The van der Waals surface area contributed by atoms with E-state index in [0.29, 0.717) is 25.4 Å². The van der Waals surface area contributed by atoms with Gasteiger partial charge in [0.1, 0.15) is 5.75 Å². The van der Waals surface area contributed by atoms with Gasteiger partial charge in [-0.15, -0.1) is 0 Å². The largest absolute Gasteiger partial charge is 0.481 e. The molecule has 0 saturated carbocycles. The van der Waals surface area contributed by atoms with Crippen molar-refractivity contribution in [3.8, 4) is 5.75 Å². The van der Waals surface area contributed by atoms with E-state index >= 15 is 0 Å². The number of benzene rings is 2. The predicted octanol–water partition coefficient (Wildman–Crippen LogP) is 2.83. The third kappa shape index (κ3) is 5.42. The minimum Gasteiger partial charge on any atom is -0.481 e. The van der Waals surface area contributed by atoms with Crippen LogP contribution in [0.15, 0.2) is 60.7 Å². The number of nitrogens with two attached hydrogens (primary N) is 1. The van der Waals surface area contributed by atoms with E-state index in [4.69, 9.17) is 10.5 Å². The molecule has 2 aromatic rings. The van der Waals surface area contributed by atoms with Gasteiger partial charge in [0.15, 0.2) is 6.10 Å². The van der Waals surface area contributed by atoms with E-state index in [9.17, 15) is 4.79 Å². The summed E-state index contributed by atoms with van der Waals surface area (Å²) in [6.07, 6.45) is 0.246. The van der Waals surface area contributed by atoms with Gasteiger partial charge >= 0.3 is 0 Å². The first-order valence-corrected chi connectivity index (χ1v) is 7.95. The number of carbonyl (C=O) groups excluding carboxylic acids is 1. The molecular weight excluding hydrogens is 288 g/mol. The molecule has 0 spiro atoms. The van der Waals surface area contributed by atoms with Crippen LogP contribution in [0.3, 0.4) is 0 Å². The number of hydrogen-bond donors (Lipinski definition) is 1. The highest BCUT2D eigenvalue weighted by molar-refractivity contribution is 5.80. The molecule has 2 N–H and O–H groups in total. The Hall–Kier alpha value is -2.33. The van der Waals surface area contributed by atoms with Crippen molar-refractivity contribution in [1.82, 2.24) is 4.90 Å². The van der Waals surface area contributed by atoms with Crippen LogP contribution in [0, 0.1) is 0 Å². The van der Waals surface area contributed by atoms with Crippen LogP contribution in [0.1, 0.15) is 18.9 Å². The first-order valence-electron chi connectivity index (χ1n) is 7.95. The van der Waals surface area contributed by atoms with Gasteiger partial charge in [0.05, 0.1) is 0 Å². The molecule has 2 rings (SSSR count). The fourth-order valence-corrected chi connectivity index (χ4v) is 2.36. The molecule has 1 amide bonds. The number of amides is 1. The van der Waals surface area contributed by atoms with Gasteiger partial charge in [0.25, 0.3) is 5.91 Å². The molecule has 1 unspecified atom stereocenters. The topological polar surface area (TPSA) is 55.6 Å². The van der Waals surface area contributed by atoms with Gasteiger partial charge in [-0.2, -0.15) is 0 Å². The van der Waals surface area contributed by atoms with E-state index in [2.05, 4.69) is 0 Å². The molecule has 0 aliphatic heterocycles. The lowest BCUT2D eigenvalue weighted by atomic mass is 10.2. The van der Waals surface area contributed by atoms with Gasteiger partial charge in [-0.25, -0.2) is 0 Å². The average Bonchev–Trinajstić information content (AvgIpc) is 2.59. The lowest BCUT2D eigenvalue weighted by Crippen LogP contribution is -2.41. The maximum Gasteiger partial charge on any atom is 0.263 e. The Kier molecular flexibility index (Phi) is 6.63. The summed E-state index contributed by atoms with van der Waals surface area (Å²) < 4.78 is 5.75. The zero-order valence-corrected chi connectivity index (χ0v) is 13.5. The minimum atomic E-state index is -0.529. The summed E-state index contributed by atoms with van der Waals surface area (Å²) in [6.45, 7) is 3.55. The summed E-state index contributed by atoms with van der Waals surface area (Å²) in [5, 5.41) is 0. The normalized spacial score (nSPS) is 11.7. The Labute approximate surface area is 137 Å². The van der Waals surface area contributed by atoms with Crippen molar-refractivity contribution in [3.05, 3.63) is 66.2 Å². The standard InChI is InChI=1S/C19H24N2O2/c1-16(23-18-11-6-3-7-12-18)19(22)21(14-8-13-20)15-17-9-4-2-5-10-17/h2-7,9-12,16H,8,13-15,20H2,1H3. The molecule has 122 valence electrons. The van der Waals surface area contributed by atoms with Crippen LogP contribution in [-0.2, 0) is 11.3 Å². The number of para-hydroxylation sites is 1. The number of carbonyl (C=O) groups is 1. The highest BCUT2D eigenvalue weighted by atomic mass is 16.5. The molecule has 0 heterocycles. The maximum absolute atomic E-state index is 12.7. The molecular formula is C19H24N2O2. The Morgan fingerprint density at radius 3 is 2.30 bits per heavy atom. The van der Waals surface area contributed by atoms with Gasteiger partial charge in [-0.3, -0.25) is 4.79 Å². The summed E-state index contributed by atoms with van der Waals surface area (Å²) in [5.41, 5.74) is 6.70. The van der Waals surface area contributed by atoms with Gasteiger partial charge < -0.3 is 15.4 Å². The Morgan fingerprint density at radius 1 is 1.09 bits per heavy atom. The van der Waals surface area contributed by atoms with Crippen molar-refractivity contribution in [2.75, 3.05) is 13.1 Å². The van der Waals surface area contributed by atoms with E-state index in [1.165, 1.54) is 0 Å². The number of ether oxygens (including phenoxy) is 1. The van der Waals surface area contributed by atoms with Crippen LogP contribution in [0.4, 0.5) is 0 Å². The molecule has 2 aromatic carbocycles. The van der Waals surface area contributed by atoms with Crippen LogP contribution in [0.5, 0.6) is 5.75 Å². The summed E-state index contributed by atoms with van der Waals surface area (Å²) in [7, 11) is 0. The monoisotopic (exact) mass is 312 g/mol. The molecule has 4 heteroatoms. The molecule has 4 nitrogen and oxygen atoms in total. The first-order chi connectivity index (χ1) is 11.2. The van der Waals surface area contributed by atoms with Crippen molar-refractivity contribution in [2.45, 2.75) is 26.0 Å². The van der Waals surface area contributed by atoms with Crippen molar-refractivity contribution in [1.29, 1.82) is 0 Å². The highest BCUT2D eigenvalue weighted by Gasteiger charge is 2.22. The lowest BCUT2D eigenvalue weighted by molar-refractivity contribution is -0.138. The highest BCUT2D eigenvalue weighted by Crippen LogP contribution is 2.14. The second-order valence-corrected chi connectivity index (χ2v) is 5.46. The molecule has 0 saturated heterocycles. The zero-order chi connectivity index (χ0) is 16.5. The third-order valence-corrected chi connectivity index (χ3v) is 3.56. The maximum atomic E-state index is 12.7. The zero-order valence-electron chi connectivity index (χ0n) is 13.5. The summed E-state index contributed by atoms with van der Waals surface area (Å²) in [6, 6.07) is 19.4. The second kappa shape index (κ2) is 8.96. The van der Waals surface area contributed by atoms with Crippen LogP contribution < -0.4 is 10.5 Å². The predicted molar refractivity (Wildman–Crippen MR) is 92.1 cm³/mol. The first kappa shape index (κ1) is 17.0. The second-order valence-electron chi connectivity index (χ2n) is 5.46. The SMILES string of the molecule is CC(Oc1ccccc1)C(=O)N(CCCN)Cc1ccccc1. The molecule has 0 aliphatic carbocycles. The van der Waals surface area contributed by atoms with Crippen LogP contribution in [0.25, 0.3) is 0 Å². The third-order valence-electron chi connectivity index (χ3n) is 3.56. The van der Waals surface area contributed by atoms with Crippen LogP contribution in [-0.4, -0.2) is 30.0 Å². The fraction of sp³-hybridized carbons (Fsp3) is 0.316. The van der Waals surface area contributed by atoms with Crippen molar-refractivity contribution >= 4 is 5.91 Å². The molecule has 0 aromatic heterocycles. The molecule has 23 heavy (non-hydrogen) atoms. The molecule has 0 radical (unpaired) electrons. The van der Waals surface area contributed by atoms with E-state index in [0.717, 1.165) is 12.0 Å². The minimum absolute atomic E-state index is 0.0221. The summed E-state index contributed by atoms with van der Waals surface area (Å²) in [5.74, 6) is 0.679. The van der Waals surface area contributed by atoms with Crippen LogP contribution >= 0.6 is 0 Å². The van der Waals surface area contributed by atoms with Gasteiger partial charge in [-0.1, -0.05) is 48.5 Å². The van der Waals surface area contributed by atoms with E-state index < -0.39 is 6.10 Å². The number of hydrogen-bond acceptors (Lipinski definition) is 3. The van der Waals surface area contributed by atoms with E-state index in [1.54, 1.807) is 6.92 Å². The van der Waals surface area contributed by atoms with E-state index in [-0.39, 0.29) is 5.91 Å². The fourth-order valence-electron chi connectivity index (χ4n) is 2.36. The number of rotatable bonds is 8. The lowest BCUT2D eigenvalue weighted by Gasteiger charge is -2.26. The van der Waals surface area contributed by atoms with Gasteiger partial charge in [0.2, 0.25) is 0 Å². The summed E-state index contributed by atoms with van der Waals surface area (Å²) in [4.78, 5) is 14.5. The van der Waals surface area contributed by atoms with Gasteiger partial charge in [0, 0.05) is 13.1 Å². The van der Waals surface area contributed by atoms with E-state index in [1.807, 2.05) is 65.6 Å². The Balaban J connectivity index is 2.03. The molecule has 0 bridgehead atoms. The van der Waals surface area contributed by atoms with Gasteiger partial charge in [-0.05, 0) is 37.6 Å². The molecule has 0 fully saturated rings. The summed E-state index contributed by atoms with van der Waals surface area (Å²) >= 11 is 0. The Morgan fingerprint density at radius 2 is 1.70 bits per heavy atom. The van der Waals surface area contributed by atoms with Crippen molar-refractivity contribution in [3.63, 3.8) is 0 Å². The smallest absolute Gasteiger partial charge is 0.263 e. The average molecular weight is 312 g/mol. The van der Waals surface area contributed by atoms with Crippen molar-refractivity contribution in [2.24, 2.45) is 5.73 Å². The van der Waals surface area contributed by atoms with Crippen LogP contribution in [0.2, 0.25) is 0 Å². The molecule has 0 aliphatic rings. The quantitative estimate of drug-likeness (QED) is 0.815.